The predicted octanol–water partition coefficient (Wildman–Crippen LogP) is 1.88. The second kappa shape index (κ2) is 7.67. The van der Waals surface area contributed by atoms with E-state index in [-0.39, 0.29) is 18.1 Å². The molecule has 1 rings (SSSR count). The van der Waals surface area contributed by atoms with Gasteiger partial charge in [0.2, 0.25) is 0 Å². The summed E-state index contributed by atoms with van der Waals surface area (Å²) in [6, 6.07) is 0.113. The molecule has 3 atom stereocenters. The third-order valence-electron chi connectivity index (χ3n) is 3.50. The lowest BCUT2D eigenvalue weighted by Crippen LogP contribution is -2.47. The number of rotatable bonds is 7. The van der Waals surface area contributed by atoms with Crippen molar-refractivity contribution in [1.82, 2.24) is 5.32 Å². The molecule has 3 unspecified atom stereocenters. The monoisotopic (exact) mass is 243 g/mol. The van der Waals surface area contributed by atoms with Gasteiger partial charge in [-0.05, 0) is 25.7 Å². The first-order valence-electron chi connectivity index (χ1n) is 6.59. The van der Waals surface area contributed by atoms with Crippen molar-refractivity contribution in [2.24, 2.45) is 0 Å². The Bertz CT molecular complexity index is 233. The molecule has 0 spiro atoms. The van der Waals surface area contributed by atoms with Gasteiger partial charge in [0.1, 0.15) is 6.04 Å². The van der Waals surface area contributed by atoms with Crippen molar-refractivity contribution in [2.45, 2.75) is 63.6 Å². The summed E-state index contributed by atoms with van der Waals surface area (Å²) >= 11 is 0. The van der Waals surface area contributed by atoms with Crippen molar-refractivity contribution >= 4 is 5.97 Å². The highest BCUT2D eigenvalue weighted by atomic mass is 16.5. The fourth-order valence-electron chi connectivity index (χ4n) is 2.48. The number of carbonyl (C=O) groups excluding carboxylic acids is 1. The number of hydrogen-bond acceptors (Lipinski definition) is 4. The maximum atomic E-state index is 11.7. The highest BCUT2D eigenvalue weighted by Crippen LogP contribution is 2.22. The Kier molecular flexibility index (Phi) is 6.52. The maximum absolute atomic E-state index is 11.7. The normalized spacial score (nSPS) is 25.8. The minimum absolute atomic E-state index is 0.153. The fourth-order valence-corrected chi connectivity index (χ4v) is 2.48. The van der Waals surface area contributed by atoms with Gasteiger partial charge in [0.15, 0.2) is 0 Å². The molecule has 0 aromatic carbocycles. The van der Waals surface area contributed by atoms with Crippen LogP contribution in [0.4, 0.5) is 0 Å². The standard InChI is InChI=1S/C13H25NO3/c1-4-5-7-11(13(15)17-3)14-10-8-6-9-12(10)16-2/h10-12,14H,4-9H2,1-3H3. The summed E-state index contributed by atoms with van der Waals surface area (Å²) in [6.07, 6.45) is 6.54. The number of ether oxygens (including phenoxy) is 2. The predicted molar refractivity (Wildman–Crippen MR) is 66.9 cm³/mol. The Hall–Kier alpha value is -0.610. The van der Waals surface area contributed by atoms with Gasteiger partial charge in [-0.1, -0.05) is 19.8 Å². The molecular weight excluding hydrogens is 218 g/mol. The lowest BCUT2D eigenvalue weighted by molar-refractivity contribution is -0.143. The molecule has 0 aromatic heterocycles. The van der Waals surface area contributed by atoms with Gasteiger partial charge in [0, 0.05) is 13.2 Å². The molecule has 0 heterocycles. The first kappa shape index (κ1) is 14.5. The molecule has 4 nitrogen and oxygen atoms in total. The minimum Gasteiger partial charge on any atom is -0.468 e. The van der Waals surface area contributed by atoms with Gasteiger partial charge in [0.25, 0.3) is 0 Å². The number of carbonyl (C=O) groups is 1. The Morgan fingerprint density at radius 1 is 1.41 bits per heavy atom. The zero-order valence-electron chi connectivity index (χ0n) is 11.2. The minimum atomic E-state index is -0.180. The molecule has 17 heavy (non-hydrogen) atoms. The lowest BCUT2D eigenvalue weighted by Gasteiger charge is -2.25. The molecule has 1 aliphatic rings. The number of methoxy groups -OCH3 is 2. The van der Waals surface area contributed by atoms with E-state index in [9.17, 15) is 4.79 Å². The number of hydrogen-bond donors (Lipinski definition) is 1. The number of esters is 1. The van der Waals surface area contributed by atoms with E-state index in [1.165, 1.54) is 7.11 Å². The zero-order chi connectivity index (χ0) is 12.7. The Labute approximate surface area is 104 Å². The van der Waals surface area contributed by atoms with Crippen molar-refractivity contribution in [2.75, 3.05) is 14.2 Å². The van der Waals surface area contributed by atoms with E-state index < -0.39 is 0 Å². The van der Waals surface area contributed by atoms with Crippen molar-refractivity contribution in [3.8, 4) is 0 Å². The molecule has 0 radical (unpaired) electrons. The van der Waals surface area contributed by atoms with E-state index in [0.29, 0.717) is 6.04 Å². The van der Waals surface area contributed by atoms with E-state index in [1.807, 2.05) is 0 Å². The number of unbranched alkanes of at least 4 members (excludes halogenated alkanes) is 1. The fraction of sp³-hybridized carbons (Fsp3) is 0.923. The molecule has 1 aliphatic carbocycles. The van der Waals surface area contributed by atoms with Gasteiger partial charge in [-0.2, -0.15) is 0 Å². The third kappa shape index (κ3) is 4.28. The summed E-state index contributed by atoms with van der Waals surface area (Å²) in [5, 5.41) is 3.40. The van der Waals surface area contributed by atoms with Gasteiger partial charge >= 0.3 is 5.97 Å². The summed E-state index contributed by atoms with van der Waals surface area (Å²) in [5.41, 5.74) is 0. The van der Waals surface area contributed by atoms with Crippen molar-refractivity contribution in [3.63, 3.8) is 0 Å². The average molecular weight is 243 g/mol. The molecule has 0 aliphatic heterocycles. The molecule has 4 heteroatoms. The van der Waals surface area contributed by atoms with Crippen LogP contribution in [0.25, 0.3) is 0 Å². The largest absolute Gasteiger partial charge is 0.468 e. The summed E-state index contributed by atoms with van der Waals surface area (Å²) in [5.74, 6) is -0.153. The van der Waals surface area contributed by atoms with Crippen molar-refractivity contribution in [3.05, 3.63) is 0 Å². The van der Waals surface area contributed by atoms with Crippen molar-refractivity contribution in [1.29, 1.82) is 0 Å². The van der Waals surface area contributed by atoms with Gasteiger partial charge in [-0.3, -0.25) is 10.1 Å². The molecule has 1 N–H and O–H groups in total. The first-order chi connectivity index (χ1) is 8.22. The second-order valence-corrected chi connectivity index (χ2v) is 4.70. The van der Waals surface area contributed by atoms with Crippen LogP contribution in [0.2, 0.25) is 0 Å². The Morgan fingerprint density at radius 3 is 2.76 bits per heavy atom. The van der Waals surface area contributed by atoms with E-state index in [0.717, 1.165) is 38.5 Å². The SMILES string of the molecule is CCCCC(NC1CCCC1OC)C(=O)OC. The van der Waals surface area contributed by atoms with Crippen LogP contribution in [-0.2, 0) is 14.3 Å². The molecule has 0 amide bonds. The molecule has 1 saturated carbocycles. The van der Waals surface area contributed by atoms with E-state index in [2.05, 4.69) is 12.2 Å². The summed E-state index contributed by atoms with van der Waals surface area (Å²) < 4.78 is 10.3. The van der Waals surface area contributed by atoms with Crippen molar-refractivity contribution < 1.29 is 14.3 Å². The maximum Gasteiger partial charge on any atom is 0.322 e. The molecule has 0 aromatic rings. The average Bonchev–Trinajstić information content (AvgIpc) is 2.80. The molecule has 1 fully saturated rings. The van der Waals surface area contributed by atoms with Crippen LogP contribution >= 0.6 is 0 Å². The summed E-state index contributed by atoms with van der Waals surface area (Å²) in [4.78, 5) is 11.7. The topological polar surface area (TPSA) is 47.6 Å². The van der Waals surface area contributed by atoms with Gasteiger partial charge in [-0.15, -0.1) is 0 Å². The van der Waals surface area contributed by atoms with E-state index >= 15 is 0 Å². The molecule has 0 saturated heterocycles. The van der Waals surface area contributed by atoms with Crippen LogP contribution in [-0.4, -0.2) is 38.4 Å². The van der Waals surface area contributed by atoms with Gasteiger partial charge in [0.05, 0.1) is 13.2 Å². The summed E-state index contributed by atoms with van der Waals surface area (Å²) in [7, 11) is 3.19. The molecular formula is C13H25NO3. The van der Waals surface area contributed by atoms with Crippen LogP contribution in [0.15, 0.2) is 0 Å². The third-order valence-corrected chi connectivity index (χ3v) is 3.50. The van der Waals surface area contributed by atoms with Gasteiger partial charge in [-0.25, -0.2) is 0 Å². The second-order valence-electron chi connectivity index (χ2n) is 4.70. The van der Waals surface area contributed by atoms with E-state index in [4.69, 9.17) is 9.47 Å². The number of nitrogens with one attached hydrogen (secondary N) is 1. The van der Waals surface area contributed by atoms with Crippen LogP contribution in [0.5, 0.6) is 0 Å². The smallest absolute Gasteiger partial charge is 0.322 e. The Balaban J connectivity index is 2.49. The Morgan fingerprint density at radius 2 is 2.18 bits per heavy atom. The highest BCUT2D eigenvalue weighted by Gasteiger charge is 2.31. The summed E-state index contributed by atoms with van der Waals surface area (Å²) in [6.45, 7) is 2.13. The lowest BCUT2D eigenvalue weighted by atomic mass is 10.1. The van der Waals surface area contributed by atoms with Crippen LogP contribution < -0.4 is 5.32 Å². The van der Waals surface area contributed by atoms with Crippen LogP contribution in [0, 0.1) is 0 Å². The van der Waals surface area contributed by atoms with Crippen LogP contribution in [0.1, 0.15) is 45.4 Å². The molecule has 100 valence electrons. The zero-order valence-corrected chi connectivity index (χ0v) is 11.2. The van der Waals surface area contributed by atoms with Gasteiger partial charge < -0.3 is 9.47 Å². The van der Waals surface area contributed by atoms with Crippen LogP contribution in [0.3, 0.4) is 0 Å². The van der Waals surface area contributed by atoms with E-state index in [1.54, 1.807) is 7.11 Å². The molecule has 0 bridgehead atoms. The first-order valence-corrected chi connectivity index (χ1v) is 6.59. The quantitative estimate of drug-likeness (QED) is 0.694. The highest BCUT2D eigenvalue weighted by molar-refractivity contribution is 5.75.